The number of hydrogen-bond donors (Lipinski definition) is 1. The molecule has 0 fully saturated rings. The highest BCUT2D eigenvalue weighted by atomic mass is 19.1. The van der Waals surface area contributed by atoms with Crippen LogP contribution < -0.4 is 10.2 Å². The topological polar surface area (TPSA) is 28.2 Å². The third-order valence-corrected chi connectivity index (χ3v) is 2.97. The molecule has 0 spiro atoms. The van der Waals surface area contributed by atoms with E-state index in [4.69, 9.17) is 0 Å². The Balaban J connectivity index is 2.46. The molecule has 0 atom stereocenters. The van der Waals surface area contributed by atoms with Crippen LogP contribution in [-0.2, 0) is 0 Å². The zero-order chi connectivity index (χ0) is 15.4. The summed E-state index contributed by atoms with van der Waals surface area (Å²) in [4.78, 5) is 5.55. The van der Waals surface area contributed by atoms with E-state index in [1.54, 1.807) is 18.7 Å². The first-order chi connectivity index (χ1) is 10.1. The maximum atomic E-state index is 14.0. The van der Waals surface area contributed by atoms with Gasteiger partial charge in [-0.15, -0.1) is 0 Å². The zero-order valence-corrected chi connectivity index (χ0v) is 11.8. The molecule has 112 valence electrons. The van der Waals surface area contributed by atoms with Gasteiger partial charge in [-0.1, -0.05) is 0 Å². The highest BCUT2D eigenvalue weighted by Crippen LogP contribution is 2.28. The lowest BCUT2D eigenvalue weighted by atomic mass is 10.2. The first kappa shape index (κ1) is 15.2. The summed E-state index contributed by atoms with van der Waals surface area (Å²) in [5, 5.41) is 2.74. The predicted octanol–water partition coefficient (Wildman–Crippen LogP) is 4.09. The summed E-state index contributed by atoms with van der Waals surface area (Å²) in [6.07, 6.45) is 0. The monoisotopic (exact) mass is 295 g/mol. The second-order valence-corrected chi connectivity index (χ2v) is 4.38. The van der Waals surface area contributed by atoms with Crippen molar-refractivity contribution in [3.8, 4) is 0 Å². The van der Waals surface area contributed by atoms with Gasteiger partial charge in [-0.25, -0.2) is 18.2 Å². The molecule has 3 nitrogen and oxygen atoms in total. The Morgan fingerprint density at radius 3 is 2.29 bits per heavy atom. The Morgan fingerprint density at radius 2 is 1.71 bits per heavy atom. The van der Waals surface area contributed by atoms with Crippen molar-refractivity contribution in [1.82, 2.24) is 4.98 Å². The first-order valence-electron chi connectivity index (χ1n) is 6.69. The van der Waals surface area contributed by atoms with E-state index in [0.29, 0.717) is 18.8 Å². The molecule has 0 unspecified atom stereocenters. The molecule has 2 rings (SSSR count). The molecule has 1 N–H and O–H groups in total. The average Bonchev–Trinajstić information content (AvgIpc) is 2.46. The molecule has 0 aliphatic heterocycles. The van der Waals surface area contributed by atoms with Gasteiger partial charge in [-0.3, -0.25) is 0 Å². The number of benzene rings is 1. The lowest BCUT2D eigenvalue weighted by molar-refractivity contribution is 0.574. The van der Waals surface area contributed by atoms with Crippen molar-refractivity contribution in [2.24, 2.45) is 0 Å². The normalized spacial score (nSPS) is 10.5. The van der Waals surface area contributed by atoms with Crippen molar-refractivity contribution in [3.05, 3.63) is 47.8 Å². The van der Waals surface area contributed by atoms with Crippen LogP contribution in [0.5, 0.6) is 0 Å². The number of anilines is 3. The van der Waals surface area contributed by atoms with Crippen LogP contribution in [0.3, 0.4) is 0 Å². The minimum atomic E-state index is -0.764. The lowest BCUT2D eigenvalue weighted by Gasteiger charge is -2.23. The Kier molecular flexibility index (Phi) is 4.67. The number of halogens is 3. The molecule has 1 aromatic heterocycles. The molecule has 0 saturated heterocycles. The summed E-state index contributed by atoms with van der Waals surface area (Å²) < 4.78 is 40.6. The molecule has 1 heterocycles. The quantitative estimate of drug-likeness (QED) is 0.900. The molecule has 0 bridgehead atoms. The van der Waals surface area contributed by atoms with Crippen molar-refractivity contribution in [2.75, 3.05) is 23.3 Å². The van der Waals surface area contributed by atoms with E-state index < -0.39 is 11.6 Å². The maximum Gasteiger partial charge on any atom is 0.171 e. The molecule has 0 amide bonds. The smallest absolute Gasteiger partial charge is 0.171 e. The maximum absolute atomic E-state index is 14.0. The number of hydrogen-bond acceptors (Lipinski definition) is 3. The third-order valence-electron chi connectivity index (χ3n) is 2.97. The van der Waals surface area contributed by atoms with Gasteiger partial charge in [-0.2, -0.15) is 0 Å². The van der Waals surface area contributed by atoms with Crippen LogP contribution in [0.4, 0.5) is 30.5 Å². The van der Waals surface area contributed by atoms with Crippen molar-refractivity contribution < 1.29 is 13.2 Å². The highest BCUT2D eigenvalue weighted by molar-refractivity contribution is 5.62. The molecule has 21 heavy (non-hydrogen) atoms. The largest absolute Gasteiger partial charge is 0.368 e. The lowest BCUT2D eigenvalue weighted by Crippen LogP contribution is -2.20. The second-order valence-electron chi connectivity index (χ2n) is 4.38. The predicted molar refractivity (Wildman–Crippen MR) is 77.4 cm³/mol. The van der Waals surface area contributed by atoms with E-state index >= 15 is 0 Å². The van der Waals surface area contributed by atoms with Gasteiger partial charge in [0.05, 0.1) is 0 Å². The minimum absolute atomic E-state index is 0.00135. The van der Waals surface area contributed by atoms with Gasteiger partial charge in [0.2, 0.25) is 0 Å². The van der Waals surface area contributed by atoms with Crippen LogP contribution in [0.2, 0.25) is 0 Å². The Hall–Kier alpha value is -2.24. The fraction of sp³-hybridized carbons (Fsp3) is 0.267. The zero-order valence-electron chi connectivity index (χ0n) is 11.8. The van der Waals surface area contributed by atoms with E-state index in [-0.39, 0.29) is 17.5 Å². The van der Waals surface area contributed by atoms with E-state index in [2.05, 4.69) is 10.3 Å². The van der Waals surface area contributed by atoms with Crippen LogP contribution in [0, 0.1) is 17.5 Å². The van der Waals surface area contributed by atoms with Crippen molar-refractivity contribution in [1.29, 1.82) is 0 Å². The number of nitrogens with zero attached hydrogens (tertiary/aromatic N) is 2. The average molecular weight is 295 g/mol. The van der Waals surface area contributed by atoms with Crippen LogP contribution in [-0.4, -0.2) is 18.1 Å². The van der Waals surface area contributed by atoms with Crippen LogP contribution in [0.15, 0.2) is 30.3 Å². The van der Waals surface area contributed by atoms with Crippen LogP contribution in [0.1, 0.15) is 13.8 Å². The van der Waals surface area contributed by atoms with Gasteiger partial charge in [0.1, 0.15) is 5.82 Å². The molecular weight excluding hydrogens is 279 g/mol. The summed E-state index contributed by atoms with van der Waals surface area (Å²) in [7, 11) is 0. The summed E-state index contributed by atoms with van der Waals surface area (Å²) in [5.41, 5.74) is 0.583. The van der Waals surface area contributed by atoms with Crippen molar-refractivity contribution >= 4 is 17.3 Å². The van der Waals surface area contributed by atoms with Gasteiger partial charge < -0.3 is 10.2 Å². The summed E-state index contributed by atoms with van der Waals surface area (Å²) in [5.74, 6) is -1.89. The molecule has 1 aromatic carbocycles. The Labute approximate surface area is 121 Å². The van der Waals surface area contributed by atoms with Crippen molar-refractivity contribution in [2.45, 2.75) is 13.8 Å². The molecular formula is C15H16F3N3. The number of rotatable bonds is 5. The minimum Gasteiger partial charge on any atom is -0.368 e. The highest BCUT2D eigenvalue weighted by Gasteiger charge is 2.17. The molecule has 0 aliphatic carbocycles. The Morgan fingerprint density at radius 1 is 1.05 bits per heavy atom. The Bertz CT molecular complexity index is 614. The fourth-order valence-electron chi connectivity index (χ4n) is 2.01. The number of pyridine rings is 1. The van der Waals surface area contributed by atoms with Gasteiger partial charge >= 0.3 is 0 Å². The van der Waals surface area contributed by atoms with E-state index in [0.717, 1.165) is 6.07 Å². The number of aromatic nitrogens is 1. The van der Waals surface area contributed by atoms with E-state index in [9.17, 15) is 13.2 Å². The second kappa shape index (κ2) is 6.47. The van der Waals surface area contributed by atoms with Crippen LogP contribution in [0.25, 0.3) is 0 Å². The summed E-state index contributed by atoms with van der Waals surface area (Å²) in [6.45, 7) is 4.48. The van der Waals surface area contributed by atoms with Gasteiger partial charge in [-0.05, 0) is 38.1 Å². The van der Waals surface area contributed by atoms with Gasteiger partial charge in [0, 0.05) is 24.8 Å². The summed E-state index contributed by atoms with van der Waals surface area (Å²) >= 11 is 0. The third kappa shape index (κ3) is 3.26. The molecule has 0 aliphatic rings. The molecule has 2 aromatic rings. The van der Waals surface area contributed by atoms with E-state index in [1.807, 2.05) is 0 Å². The van der Waals surface area contributed by atoms with Gasteiger partial charge in [0.15, 0.2) is 23.3 Å². The first-order valence-corrected chi connectivity index (χ1v) is 6.69. The van der Waals surface area contributed by atoms with Crippen molar-refractivity contribution in [3.63, 3.8) is 0 Å². The van der Waals surface area contributed by atoms with Crippen LogP contribution >= 0.6 is 0 Å². The molecule has 0 saturated carbocycles. The van der Waals surface area contributed by atoms with E-state index in [1.165, 1.54) is 24.3 Å². The SMILES string of the molecule is CCNc1nc(N(CC)c2ccc(F)cc2)c(F)cc1F. The molecule has 0 radical (unpaired) electrons. The standard InChI is InChI=1S/C15H16F3N3/c1-3-19-14-12(17)9-13(18)15(20-14)21(4-2)11-7-5-10(16)6-8-11/h5-9H,3-4H2,1-2H3,(H,19,20). The number of nitrogens with one attached hydrogen (secondary N) is 1. The summed E-state index contributed by atoms with van der Waals surface area (Å²) in [6, 6.07) is 6.41. The fourth-order valence-corrected chi connectivity index (χ4v) is 2.01. The molecule has 6 heteroatoms. The van der Waals surface area contributed by atoms with Gasteiger partial charge in [0.25, 0.3) is 0 Å².